The van der Waals surface area contributed by atoms with Gasteiger partial charge in [-0.15, -0.1) is 0 Å². The maximum Gasteiger partial charge on any atom is 0.127 e. The van der Waals surface area contributed by atoms with Crippen molar-refractivity contribution in [1.82, 2.24) is 5.32 Å². The number of para-hydroxylation sites is 1. The Kier molecular flexibility index (Phi) is 4.03. The molecule has 0 aliphatic carbocycles. The summed E-state index contributed by atoms with van der Waals surface area (Å²) in [6, 6.07) is 19.1. The Morgan fingerprint density at radius 3 is 2.65 bits per heavy atom. The smallest absolute Gasteiger partial charge is 0.127 e. The van der Waals surface area contributed by atoms with E-state index < -0.39 is 0 Å². The molecule has 0 aromatic heterocycles. The van der Waals surface area contributed by atoms with Crippen molar-refractivity contribution in [1.29, 1.82) is 0 Å². The first-order valence-electron chi connectivity index (χ1n) is 7.43. The number of hydrogen-bond donors (Lipinski definition) is 1. The zero-order chi connectivity index (χ0) is 13.8. The third kappa shape index (κ3) is 2.86. The lowest BCUT2D eigenvalue weighted by atomic mass is 9.90. The lowest BCUT2D eigenvalue weighted by Gasteiger charge is -2.19. The normalized spacial score (nSPS) is 21.9. The van der Waals surface area contributed by atoms with E-state index in [0.29, 0.717) is 12.0 Å². The molecule has 3 rings (SSSR count). The van der Waals surface area contributed by atoms with Crippen molar-refractivity contribution in [2.45, 2.75) is 31.7 Å². The molecular weight excluding hydrogens is 246 g/mol. The van der Waals surface area contributed by atoms with Gasteiger partial charge in [-0.25, -0.2) is 0 Å². The van der Waals surface area contributed by atoms with Gasteiger partial charge in [0.1, 0.15) is 11.5 Å². The van der Waals surface area contributed by atoms with Crippen LogP contribution in [0.4, 0.5) is 0 Å². The highest BCUT2D eigenvalue weighted by molar-refractivity contribution is 5.36. The molecule has 1 aliphatic rings. The van der Waals surface area contributed by atoms with Crippen LogP contribution in [-0.4, -0.2) is 12.6 Å². The molecule has 0 amide bonds. The average Bonchev–Trinajstić information content (AvgIpc) is 2.97. The molecule has 1 fully saturated rings. The number of hydrogen-bond acceptors (Lipinski definition) is 2. The maximum absolute atomic E-state index is 5.93. The van der Waals surface area contributed by atoms with Crippen LogP contribution in [0.25, 0.3) is 0 Å². The van der Waals surface area contributed by atoms with E-state index in [2.05, 4.69) is 30.4 Å². The predicted octanol–water partition coefficient (Wildman–Crippen LogP) is 4.33. The fourth-order valence-corrected chi connectivity index (χ4v) is 3.03. The van der Waals surface area contributed by atoms with Gasteiger partial charge in [0.05, 0.1) is 0 Å². The van der Waals surface area contributed by atoms with Gasteiger partial charge >= 0.3 is 0 Å². The molecule has 1 aliphatic heterocycles. The minimum Gasteiger partial charge on any atom is -0.457 e. The van der Waals surface area contributed by atoms with E-state index in [1.54, 1.807) is 0 Å². The second-order valence-corrected chi connectivity index (χ2v) is 5.35. The molecule has 0 bridgehead atoms. The Hall–Kier alpha value is -1.80. The highest BCUT2D eigenvalue weighted by Gasteiger charge is 2.26. The molecule has 1 saturated heterocycles. The fraction of sp³-hybridized carbons (Fsp3) is 0.333. The predicted molar refractivity (Wildman–Crippen MR) is 82.4 cm³/mol. The van der Waals surface area contributed by atoms with Crippen LogP contribution in [0.1, 0.15) is 31.2 Å². The molecule has 104 valence electrons. The summed E-state index contributed by atoms with van der Waals surface area (Å²) in [5.41, 5.74) is 1.38. The Bertz CT molecular complexity index is 552. The van der Waals surface area contributed by atoms with Crippen LogP contribution in [0, 0.1) is 0 Å². The third-order valence-corrected chi connectivity index (χ3v) is 4.05. The summed E-state index contributed by atoms with van der Waals surface area (Å²) in [5, 5.41) is 3.58. The van der Waals surface area contributed by atoms with E-state index in [1.165, 1.54) is 18.4 Å². The lowest BCUT2D eigenvalue weighted by molar-refractivity contribution is 0.478. The molecule has 1 N–H and O–H groups in total. The molecule has 2 unspecified atom stereocenters. The molecule has 0 radical (unpaired) electrons. The average molecular weight is 267 g/mol. The van der Waals surface area contributed by atoms with Gasteiger partial charge in [0, 0.05) is 12.0 Å². The van der Waals surface area contributed by atoms with Crippen molar-refractivity contribution >= 4 is 0 Å². The summed E-state index contributed by atoms with van der Waals surface area (Å²) in [4.78, 5) is 0. The topological polar surface area (TPSA) is 21.3 Å². The SMILES string of the molecule is CCC1NCCC1c1cccc(Oc2ccccc2)c1. The molecule has 2 aromatic rings. The number of benzene rings is 2. The zero-order valence-electron chi connectivity index (χ0n) is 11.9. The van der Waals surface area contributed by atoms with Crippen LogP contribution in [0.3, 0.4) is 0 Å². The molecule has 1 heterocycles. The first-order chi connectivity index (χ1) is 9.86. The third-order valence-electron chi connectivity index (χ3n) is 4.05. The number of nitrogens with one attached hydrogen (secondary N) is 1. The lowest BCUT2D eigenvalue weighted by Crippen LogP contribution is -2.24. The standard InChI is InChI=1S/C18H21NO/c1-2-18-17(11-12-19-18)14-7-6-10-16(13-14)20-15-8-4-3-5-9-15/h3-10,13,17-19H,2,11-12H2,1H3. The molecule has 0 saturated carbocycles. The Balaban J connectivity index is 1.79. The molecule has 2 aromatic carbocycles. The summed E-state index contributed by atoms with van der Waals surface area (Å²) in [5.74, 6) is 2.43. The van der Waals surface area contributed by atoms with E-state index in [1.807, 2.05) is 36.4 Å². The van der Waals surface area contributed by atoms with Crippen molar-refractivity contribution in [2.75, 3.05) is 6.54 Å². The first kappa shape index (κ1) is 13.2. The van der Waals surface area contributed by atoms with Gasteiger partial charge in [-0.2, -0.15) is 0 Å². The second-order valence-electron chi connectivity index (χ2n) is 5.35. The van der Waals surface area contributed by atoms with Crippen molar-refractivity contribution in [3.63, 3.8) is 0 Å². The van der Waals surface area contributed by atoms with Gasteiger partial charge in [-0.3, -0.25) is 0 Å². The van der Waals surface area contributed by atoms with Crippen molar-refractivity contribution < 1.29 is 4.74 Å². The van der Waals surface area contributed by atoms with E-state index in [-0.39, 0.29) is 0 Å². The van der Waals surface area contributed by atoms with E-state index in [4.69, 9.17) is 4.74 Å². The van der Waals surface area contributed by atoms with Crippen LogP contribution < -0.4 is 10.1 Å². The Morgan fingerprint density at radius 2 is 1.85 bits per heavy atom. The molecular formula is C18H21NO. The van der Waals surface area contributed by atoms with E-state index >= 15 is 0 Å². The van der Waals surface area contributed by atoms with Gasteiger partial charge in [0.25, 0.3) is 0 Å². The van der Waals surface area contributed by atoms with Crippen LogP contribution in [-0.2, 0) is 0 Å². The minimum atomic E-state index is 0.599. The second kappa shape index (κ2) is 6.10. The van der Waals surface area contributed by atoms with Gasteiger partial charge < -0.3 is 10.1 Å². The number of rotatable bonds is 4. The minimum absolute atomic E-state index is 0.599. The molecule has 0 spiro atoms. The molecule has 2 atom stereocenters. The summed E-state index contributed by atoms with van der Waals surface area (Å²) >= 11 is 0. The van der Waals surface area contributed by atoms with Gasteiger partial charge in [-0.05, 0) is 49.2 Å². The summed E-state index contributed by atoms with van der Waals surface area (Å²) in [6.07, 6.45) is 2.39. The summed E-state index contributed by atoms with van der Waals surface area (Å²) in [6.45, 7) is 3.37. The fourth-order valence-electron chi connectivity index (χ4n) is 3.03. The van der Waals surface area contributed by atoms with Gasteiger partial charge in [0.15, 0.2) is 0 Å². The summed E-state index contributed by atoms with van der Waals surface area (Å²) in [7, 11) is 0. The van der Waals surface area contributed by atoms with Crippen LogP contribution in [0.15, 0.2) is 54.6 Å². The molecule has 2 nitrogen and oxygen atoms in total. The molecule has 2 heteroatoms. The molecule has 20 heavy (non-hydrogen) atoms. The first-order valence-corrected chi connectivity index (χ1v) is 7.43. The number of ether oxygens (including phenoxy) is 1. The van der Waals surface area contributed by atoms with Crippen molar-refractivity contribution in [2.24, 2.45) is 0 Å². The highest BCUT2D eigenvalue weighted by Crippen LogP contribution is 2.32. The summed E-state index contributed by atoms with van der Waals surface area (Å²) < 4.78 is 5.93. The van der Waals surface area contributed by atoms with Crippen LogP contribution in [0.2, 0.25) is 0 Å². The Morgan fingerprint density at radius 1 is 1.05 bits per heavy atom. The van der Waals surface area contributed by atoms with Crippen LogP contribution in [0.5, 0.6) is 11.5 Å². The highest BCUT2D eigenvalue weighted by atomic mass is 16.5. The largest absolute Gasteiger partial charge is 0.457 e. The Labute approximate surface area is 120 Å². The maximum atomic E-state index is 5.93. The van der Waals surface area contributed by atoms with Gasteiger partial charge in [-0.1, -0.05) is 37.3 Å². The monoisotopic (exact) mass is 267 g/mol. The zero-order valence-corrected chi connectivity index (χ0v) is 11.9. The van der Waals surface area contributed by atoms with Crippen LogP contribution >= 0.6 is 0 Å². The van der Waals surface area contributed by atoms with Crippen molar-refractivity contribution in [3.05, 3.63) is 60.2 Å². The quantitative estimate of drug-likeness (QED) is 0.890. The van der Waals surface area contributed by atoms with E-state index in [9.17, 15) is 0 Å². The van der Waals surface area contributed by atoms with Crippen molar-refractivity contribution in [3.8, 4) is 11.5 Å². The van der Waals surface area contributed by atoms with Gasteiger partial charge in [0.2, 0.25) is 0 Å². The van der Waals surface area contributed by atoms with E-state index in [0.717, 1.165) is 18.0 Å².